The van der Waals surface area contributed by atoms with Gasteiger partial charge in [0.2, 0.25) is 5.16 Å². The predicted molar refractivity (Wildman–Crippen MR) is 147 cm³/mol. The molecule has 3 N–H and O–H groups in total. The fourth-order valence-corrected chi connectivity index (χ4v) is 5.08. The third kappa shape index (κ3) is 7.21. The molecule has 10 nitrogen and oxygen atoms in total. The van der Waals surface area contributed by atoms with Gasteiger partial charge in [-0.2, -0.15) is 0 Å². The van der Waals surface area contributed by atoms with Gasteiger partial charge in [0.05, 0.1) is 18.8 Å². The molecule has 1 aromatic heterocycles. The molecular formula is C28H30N6O4S. The molecule has 1 aliphatic heterocycles. The van der Waals surface area contributed by atoms with E-state index in [2.05, 4.69) is 26.2 Å². The number of hydrogen-bond donors (Lipinski definition) is 3. The van der Waals surface area contributed by atoms with Crippen LogP contribution in [-0.2, 0) is 29.7 Å². The van der Waals surface area contributed by atoms with E-state index in [-0.39, 0.29) is 24.8 Å². The number of aromatic nitrogens is 4. The molecule has 0 saturated carbocycles. The Morgan fingerprint density at radius 2 is 1.74 bits per heavy atom. The molecule has 0 bridgehead atoms. The fraction of sp³-hybridized carbons (Fsp3) is 0.286. The average molecular weight is 547 g/mol. The average Bonchev–Trinajstić information content (AvgIpc) is 3.40. The highest BCUT2D eigenvalue weighted by Crippen LogP contribution is 2.39. The number of tetrazole rings is 1. The van der Waals surface area contributed by atoms with Crippen LogP contribution in [0.3, 0.4) is 0 Å². The van der Waals surface area contributed by atoms with E-state index in [1.165, 1.54) is 11.8 Å². The van der Waals surface area contributed by atoms with Crippen molar-refractivity contribution in [1.29, 1.82) is 0 Å². The number of anilines is 1. The molecule has 11 heteroatoms. The maximum atomic E-state index is 12.3. The number of amides is 2. The van der Waals surface area contributed by atoms with Crippen LogP contribution in [0.2, 0.25) is 0 Å². The second-order valence-electron chi connectivity index (χ2n) is 9.16. The minimum absolute atomic E-state index is 0.00674. The lowest BCUT2D eigenvalue weighted by Crippen LogP contribution is -2.31. The number of thioether (sulfide) groups is 1. The van der Waals surface area contributed by atoms with E-state index in [1.807, 2.05) is 78.9 Å². The van der Waals surface area contributed by atoms with Crippen LogP contribution in [0.1, 0.15) is 41.1 Å². The highest BCUT2D eigenvalue weighted by Gasteiger charge is 2.32. The molecule has 4 aromatic rings. The van der Waals surface area contributed by atoms with Crippen LogP contribution in [0, 0.1) is 0 Å². The number of nitrogens with one attached hydrogen (secondary N) is 2. The van der Waals surface area contributed by atoms with Gasteiger partial charge in [-0.3, -0.25) is 0 Å². The first kappa shape index (κ1) is 26.8. The summed E-state index contributed by atoms with van der Waals surface area (Å²) in [5.74, 6) is 0.653. The smallest absolute Gasteiger partial charge is 0.319 e. The Hall–Kier alpha value is -3.77. The SMILES string of the molecule is Cn1nnnc1SC[C@@H]1C[C@H](c2ccc(CO)cc2)O[C@H](c2ccc(NC(=O)NCc3ccccc3)cc2)O1. The first-order chi connectivity index (χ1) is 19.1. The number of carbonyl (C=O) groups is 1. The van der Waals surface area contributed by atoms with Crippen molar-refractivity contribution >= 4 is 23.5 Å². The first-order valence-electron chi connectivity index (χ1n) is 12.6. The molecule has 2 amide bonds. The Morgan fingerprint density at radius 1 is 1.00 bits per heavy atom. The Labute approximate surface area is 230 Å². The van der Waals surface area contributed by atoms with Crippen molar-refractivity contribution in [3.8, 4) is 0 Å². The molecule has 1 aliphatic rings. The zero-order chi connectivity index (χ0) is 27.0. The van der Waals surface area contributed by atoms with Gasteiger partial charge >= 0.3 is 6.03 Å². The summed E-state index contributed by atoms with van der Waals surface area (Å²) in [6, 6.07) is 24.7. The van der Waals surface area contributed by atoms with Crippen LogP contribution in [0.25, 0.3) is 0 Å². The monoisotopic (exact) mass is 546 g/mol. The number of hydrogen-bond acceptors (Lipinski definition) is 8. The van der Waals surface area contributed by atoms with Crippen molar-refractivity contribution in [2.75, 3.05) is 11.1 Å². The lowest BCUT2D eigenvalue weighted by Gasteiger charge is -2.36. The zero-order valence-corrected chi connectivity index (χ0v) is 22.3. The predicted octanol–water partition coefficient (Wildman–Crippen LogP) is 4.36. The molecule has 39 heavy (non-hydrogen) atoms. The quantitative estimate of drug-likeness (QED) is 0.265. The van der Waals surface area contributed by atoms with Gasteiger partial charge in [0.1, 0.15) is 0 Å². The molecule has 0 aliphatic carbocycles. The summed E-state index contributed by atoms with van der Waals surface area (Å²) >= 11 is 1.53. The number of aliphatic hydroxyl groups is 1. The van der Waals surface area contributed by atoms with Crippen LogP contribution in [0.15, 0.2) is 84.0 Å². The van der Waals surface area contributed by atoms with E-state index < -0.39 is 6.29 Å². The Kier molecular flexibility index (Phi) is 8.84. The Balaban J connectivity index is 1.25. The minimum Gasteiger partial charge on any atom is -0.392 e. The molecule has 0 unspecified atom stereocenters. The van der Waals surface area contributed by atoms with E-state index in [1.54, 1.807) is 11.7 Å². The van der Waals surface area contributed by atoms with Crippen molar-refractivity contribution in [2.24, 2.45) is 7.05 Å². The lowest BCUT2D eigenvalue weighted by molar-refractivity contribution is -0.245. The maximum absolute atomic E-state index is 12.3. The van der Waals surface area contributed by atoms with E-state index in [0.717, 1.165) is 22.3 Å². The number of ether oxygens (including phenoxy) is 2. The molecule has 1 fully saturated rings. The molecule has 202 valence electrons. The van der Waals surface area contributed by atoms with Crippen LogP contribution in [0.4, 0.5) is 10.5 Å². The van der Waals surface area contributed by atoms with Crippen LogP contribution < -0.4 is 10.6 Å². The number of aryl methyl sites for hydroxylation is 1. The zero-order valence-electron chi connectivity index (χ0n) is 21.4. The van der Waals surface area contributed by atoms with Gasteiger partial charge in [-0.1, -0.05) is 78.5 Å². The van der Waals surface area contributed by atoms with Crippen molar-refractivity contribution in [1.82, 2.24) is 25.5 Å². The molecule has 1 saturated heterocycles. The lowest BCUT2D eigenvalue weighted by atomic mass is 10.0. The molecule has 2 heterocycles. The van der Waals surface area contributed by atoms with Gasteiger partial charge in [-0.25, -0.2) is 9.48 Å². The van der Waals surface area contributed by atoms with Gasteiger partial charge in [-0.15, -0.1) is 5.10 Å². The van der Waals surface area contributed by atoms with Gasteiger partial charge in [0, 0.05) is 37.0 Å². The number of aliphatic hydroxyl groups excluding tert-OH is 1. The topological polar surface area (TPSA) is 123 Å². The van der Waals surface area contributed by atoms with E-state index in [9.17, 15) is 9.90 Å². The van der Waals surface area contributed by atoms with Gasteiger partial charge in [-0.05, 0) is 39.2 Å². The first-order valence-corrected chi connectivity index (χ1v) is 13.6. The second kappa shape index (κ2) is 12.9. The number of benzene rings is 3. The number of carbonyl (C=O) groups excluding carboxylic acids is 1. The van der Waals surface area contributed by atoms with E-state index >= 15 is 0 Å². The maximum Gasteiger partial charge on any atom is 0.319 e. The summed E-state index contributed by atoms with van der Waals surface area (Å²) in [4.78, 5) is 12.3. The largest absolute Gasteiger partial charge is 0.392 e. The third-order valence-electron chi connectivity index (χ3n) is 6.33. The number of rotatable bonds is 9. The molecule has 5 rings (SSSR count). The highest BCUT2D eigenvalue weighted by molar-refractivity contribution is 7.99. The summed E-state index contributed by atoms with van der Waals surface area (Å²) in [7, 11) is 1.80. The summed E-state index contributed by atoms with van der Waals surface area (Å²) in [5.41, 5.74) is 4.40. The van der Waals surface area contributed by atoms with Crippen molar-refractivity contribution < 1.29 is 19.4 Å². The normalized spacial score (nSPS) is 19.0. The summed E-state index contributed by atoms with van der Waals surface area (Å²) in [5, 5.41) is 27.5. The van der Waals surface area contributed by atoms with E-state index in [0.29, 0.717) is 29.6 Å². The number of urea groups is 1. The van der Waals surface area contributed by atoms with Crippen molar-refractivity contribution in [2.45, 2.75) is 43.2 Å². The molecular weight excluding hydrogens is 516 g/mol. The van der Waals surface area contributed by atoms with E-state index in [4.69, 9.17) is 9.47 Å². The summed E-state index contributed by atoms with van der Waals surface area (Å²) in [6.45, 7) is 0.437. The van der Waals surface area contributed by atoms with Crippen LogP contribution in [0.5, 0.6) is 0 Å². The van der Waals surface area contributed by atoms with Gasteiger partial charge in [0.25, 0.3) is 0 Å². The summed E-state index contributed by atoms with van der Waals surface area (Å²) < 4.78 is 14.4. The Morgan fingerprint density at radius 3 is 2.44 bits per heavy atom. The van der Waals surface area contributed by atoms with Crippen molar-refractivity contribution in [3.05, 3.63) is 101 Å². The molecule has 3 atom stereocenters. The van der Waals surface area contributed by atoms with Crippen molar-refractivity contribution in [3.63, 3.8) is 0 Å². The molecule has 0 radical (unpaired) electrons. The number of nitrogens with zero attached hydrogens (tertiary/aromatic N) is 4. The molecule has 3 aromatic carbocycles. The highest BCUT2D eigenvalue weighted by atomic mass is 32.2. The van der Waals surface area contributed by atoms with Crippen LogP contribution in [-0.4, -0.2) is 43.2 Å². The van der Waals surface area contributed by atoms with Gasteiger partial charge < -0.3 is 25.2 Å². The minimum atomic E-state index is -0.592. The Bertz CT molecular complexity index is 1350. The summed E-state index contributed by atoms with van der Waals surface area (Å²) in [6.07, 6.45) is -0.240. The van der Waals surface area contributed by atoms with Gasteiger partial charge in [0.15, 0.2) is 6.29 Å². The standard InChI is InChI=1S/C28H30N6O4S/c1-34-28(31-32-33-34)39-18-24-15-25(21-9-7-20(17-35)8-10-21)38-26(37-24)22-11-13-23(14-12-22)30-27(36)29-16-19-5-3-2-4-6-19/h2-14,24-26,35H,15-18H2,1H3,(H2,29,30,36)/t24-,25+,26+/m0/s1. The fourth-order valence-electron chi connectivity index (χ4n) is 4.21. The second-order valence-corrected chi connectivity index (χ2v) is 10.1. The third-order valence-corrected chi connectivity index (χ3v) is 7.47. The van der Waals surface area contributed by atoms with Crippen LogP contribution >= 0.6 is 11.8 Å². The molecule has 0 spiro atoms.